The summed E-state index contributed by atoms with van der Waals surface area (Å²) in [5, 5.41) is 0. The first-order valence-electron chi connectivity index (χ1n) is 6.62. The van der Waals surface area contributed by atoms with Crippen molar-refractivity contribution in [2.45, 2.75) is 17.9 Å². The second-order valence-electron chi connectivity index (χ2n) is 5.53. The molecule has 0 aliphatic heterocycles. The lowest BCUT2D eigenvalue weighted by Crippen LogP contribution is -2.25. The van der Waals surface area contributed by atoms with E-state index in [1.54, 1.807) is 12.1 Å². The van der Waals surface area contributed by atoms with Crippen LogP contribution in [-0.2, 0) is 5.41 Å². The lowest BCUT2D eigenvalue weighted by atomic mass is 9.87. The predicted octanol–water partition coefficient (Wildman–Crippen LogP) is 3.45. The number of halogens is 1. The first kappa shape index (κ1) is 12.4. The van der Waals surface area contributed by atoms with Crippen LogP contribution in [0.25, 0.3) is 0 Å². The smallest absolute Gasteiger partial charge is 0.123 e. The summed E-state index contributed by atoms with van der Waals surface area (Å²) in [6.45, 7) is 0. The molecule has 19 heavy (non-hydrogen) atoms. The van der Waals surface area contributed by atoms with E-state index in [1.807, 2.05) is 18.2 Å². The number of rotatable bonds is 3. The van der Waals surface area contributed by atoms with Crippen molar-refractivity contribution in [3.63, 3.8) is 0 Å². The average Bonchev–Trinajstić information content (AvgIpc) is 3.17. The molecule has 1 saturated carbocycles. The average molecular weight is 255 g/mol. The van der Waals surface area contributed by atoms with Gasteiger partial charge in [-0.05, 0) is 43.8 Å². The van der Waals surface area contributed by atoms with Crippen molar-refractivity contribution in [1.82, 2.24) is 4.90 Å². The van der Waals surface area contributed by atoms with Gasteiger partial charge in [0.25, 0.3) is 0 Å². The quantitative estimate of drug-likeness (QED) is 0.812. The van der Waals surface area contributed by atoms with E-state index in [2.05, 4.69) is 43.3 Å². The van der Waals surface area contributed by atoms with Crippen LogP contribution in [0.1, 0.15) is 17.5 Å². The van der Waals surface area contributed by atoms with Gasteiger partial charge in [0.1, 0.15) is 5.82 Å². The van der Waals surface area contributed by atoms with Crippen molar-refractivity contribution in [1.29, 1.82) is 0 Å². The molecule has 1 aliphatic rings. The standard InChI is InChI=1S/C17H18FN/c1-19(2)16-12-17(16,13-6-4-3-5-7-13)14-8-10-15(18)11-9-14/h3-11,16H,12H2,1-2H3. The largest absolute Gasteiger partial charge is 0.305 e. The molecule has 3 rings (SSSR count). The first-order chi connectivity index (χ1) is 9.14. The third-order valence-corrected chi connectivity index (χ3v) is 4.20. The molecule has 0 amide bonds. The third-order valence-electron chi connectivity index (χ3n) is 4.20. The summed E-state index contributed by atoms with van der Waals surface area (Å²) in [5.41, 5.74) is 2.55. The molecular formula is C17H18FN. The van der Waals surface area contributed by atoms with E-state index < -0.39 is 0 Å². The molecule has 98 valence electrons. The normalized spacial score (nSPS) is 25.6. The highest BCUT2D eigenvalue weighted by atomic mass is 19.1. The molecule has 0 radical (unpaired) electrons. The van der Waals surface area contributed by atoms with Crippen LogP contribution in [0.5, 0.6) is 0 Å². The summed E-state index contributed by atoms with van der Waals surface area (Å²) in [5.74, 6) is -0.172. The second kappa shape index (κ2) is 4.46. The molecule has 1 nitrogen and oxygen atoms in total. The Labute approximate surface area is 113 Å². The fraction of sp³-hybridized carbons (Fsp3) is 0.294. The Morgan fingerprint density at radius 1 is 0.947 bits per heavy atom. The van der Waals surface area contributed by atoms with Crippen LogP contribution in [0.4, 0.5) is 4.39 Å². The van der Waals surface area contributed by atoms with Gasteiger partial charge in [0.05, 0.1) is 0 Å². The van der Waals surface area contributed by atoms with Gasteiger partial charge >= 0.3 is 0 Å². The Bertz CT molecular complexity index is 562. The molecule has 2 aromatic carbocycles. The maximum Gasteiger partial charge on any atom is 0.123 e. The highest BCUT2D eigenvalue weighted by Crippen LogP contribution is 2.55. The Morgan fingerprint density at radius 3 is 2.05 bits per heavy atom. The van der Waals surface area contributed by atoms with E-state index in [1.165, 1.54) is 11.1 Å². The summed E-state index contributed by atoms with van der Waals surface area (Å²) in [7, 11) is 4.22. The number of likely N-dealkylation sites (N-methyl/N-ethyl adjacent to an activating group) is 1. The van der Waals surface area contributed by atoms with Gasteiger partial charge in [-0.1, -0.05) is 42.5 Å². The van der Waals surface area contributed by atoms with Gasteiger partial charge in [0, 0.05) is 11.5 Å². The van der Waals surface area contributed by atoms with E-state index in [4.69, 9.17) is 0 Å². The Balaban J connectivity index is 2.07. The Hall–Kier alpha value is -1.67. The number of nitrogens with zero attached hydrogens (tertiary/aromatic N) is 1. The summed E-state index contributed by atoms with van der Waals surface area (Å²) in [6.07, 6.45) is 1.09. The summed E-state index contributed by atoms with van der Waals surface area (Å²) >= 11 is 0. The molecule has 2 unspecified atom stereocenters. The zero-order valence-electron chi connectivity index (χ0n) is 11.3. The number of hydrogen-bond donors (Lipinski definition) is 0. The summed E-state index contributed by atoms with van der Waals surface area (Å²) in [4.78, 5) is 2.26. The highest BCUT2D eigenvalue weighted by Gasteiger charge is 2.57. The topological polar surface area (TPSA) is 3.24 Å². The lowest BCUT2D eigenvalue weighted by molar-refractivity contribution is 0.374. The maximum atomic E-state index is 13.1. The van der Waals surface area contributed by atoms with Crippen LogP contribution >= 0.6 is 0 Å². The number of hydrogen-bond acceptors (Lipinski definition) is 1. The molecule has 0 spiro atoms. The fourth-order valence-electron chi connectivity index (χ4n) is 3.14. The fourth-order valence-corrected chi connectivity index (χ4v) is 3.14. The molecule has 0 bridgehead atoms. The van der Waals surface area contributed by atoms with Crippen molar-refractivity contribution in [3.05, 3.63) is 71.5 Å². The minimum atomic E-state index is -0.172. The van der Waals surface area contributed by atoms with Gasteiger partial charge < -0.3 is 4.90 Å². The molecule has 1 fully saturated rings. The molecule has 2 heteroatoms. The van der Waals surface area contributed by atoms with Crippen molar-refractivity contribution in [2.24, 2.45) is 0 Å². The maximum absolute atomic E-state index is 13.1. The van der Waals surface area contributed by atoms with Crippen LogP contribution in [0.15, 0.2) is 54.6 Å². The molecule has 0 N–H and O–H groups in total. The van der Waals surface area contributed by atoms with Gasteiger partial charge in [0.15, 0.2) is 0 Å². The van der Waals surface area contributed by atoms with Crippen LogP contribution in [0.2, 0.25) is 0 Å². The van der Waals surface area contributed by atoms with Gasteiger partial charge in [-0.3, -0.25) is 0 Å². The van der Waals surface area contributed by atoms with E-state index >= 15 is 0 Å². The first-order valence-corrected chi connectivity index (χ1v) is 6.62. The van der Waals surface area contributed by atoms with Crippen molar-refractivity contribution >= 4 is 0 Å². The molecule has 2 aromatic rings. The third kappa shape index (κ3) is 1.96. The number of benzene rings is 2. The molecule has 0 saturated heterocycles. The SMILES string of the molecule is CN(C)C1CC1(c1ccccc1)c1ccc(F)cc1. The Morgan fingerprint density at radius 2 is 1.53 bits per heavy atom. The van der Waals surface area contributed by atoms with Crippen LogP contribution in [0, 0.1) is 5.82 Å². The monoisotopic (exact) mass is 255 g/mol. The highest BCUT2D eigenvalue weighted by molar-refractivity contribution is 5.49. The minimum Gasteiger partial charge on any atom is -0.305 e. The van der Waals surface area contributed by atoms with Crippen LogP contribution in [-0.4, -0.2) is 25.0 Å². The van der Waals surface area contributed by atoms with E-state index in [-0.39, 0.29) is 11.2 Å². The van der Waals surface area contributed by atoms with Crippen molar-refractivity contribution in [2.75, 3.05) is 14.1 Å². The van der Waals surface area contributed by atoms with E-state index in [0.29, 0.717) is 6.04 Å². The minimum absolute atomic E-state index is 0.0262. The van der Waals surface area contributed by atoms with Gasteiger partial charge in [-0.15, -0.1) is 0 Å². The van der Waals surface area contributed by atoms with Crippen LogP contribution < -0.4 is 0 Å². The van der Waals surface area contributed by atoms with Gasteiger partial charge in [-0.2, -0.15) is 0 Å². The zero-order valence-corrected chi connectivity index (χ0v) is 11.3. The molecule has 1 aliphatic carbocycles. The second-order valence-corrected chi connectivity index (χ2v) is 5.53. The molecule has 0 heterocycles. The zero-order chi connectivity index (χ0) is 13.5. The van der Waals surface area contributed by atoms with Crippen LogP contribution in [0.3, 0.4) is 0 Å². The van der Waals surface area contributed by atoms with Crippen molar-refractivity contribution in [3.8, 4) is 0 Å². The van der Waals surface area contributed by atoms with E-state index in [9.17, 15) is 4.39 Å². The molecule has 0 aromatic heterocycles. The van der Waals surface area contributed by atoms with Crippen molar-refractivity contribution < 1.29 is 4.39 Å². The predicted molar refractivity (Wildman–Crippen MR) is 75.7 cm³/mol. The van der Waals surface area contributed by atoms with Gasteiger partial charge in [0.2, 0.25) is 0 Å². The summed E-state index contributed by atoms with van der Waals surface area (Å²) in [6, 6.07) is 18.0. The molecular weight excluding hydrogens is 237 g/mol. The van der Waals surface area contributed by atoms with Gasteiger partial charge in [-0.25, -0.2) is 4.39 Å². The van der Waals surface area contributed by atoms with E-state index in [0.717, 1.165) is 6.42 Å². The molecule has 2 atom stereocenters. The summed E-state index contributed by atoms with van der Waals surface area (Å²) < 4.78 is 13.1. The lowest BCUT2D eigenvalue weighted by Gasteiger charge is -2.22. The Kier molecular flexibility index (Phi) is 2.90.